The highest BCUT2D eigenvalue weighted by atomic mass is 15.0. The van der Waals surface area contributed by atoms with Crippen LogP contribution in [0.4, 0.5) is 0 Å². The molecule has 0 saturated heterocycles. The van der Waals surface area contributed by atoms with E-state index in [2.05, 4.69) is 24.5 Å². The Morgan fingerprint density at radius 2 is 2.00 bits per heavy atom. The highest BCUT2D eigenvalue weighted by molar-refractivity contribution is 4.89. The minimum Gasteiger partial charge on any atom is -0.315 e. The molecule has 2 nitrogen and oxygen atoms in total. The van der Waals surface area contributed by atoms with E-state index >= 15 is 0 Å². The standard InChI is InChI=1S/C9H20N2/c1-3-4-10-5-6-11-9-7-8(9)2/h8-11H,3-7H2,1-2H3. The molecule has 1 aliphatic rings. The zero-order chi connectivity index (χ0) is 8.10. The smallest absolute Gasteiger partial charge is 0.00969 e. The summed E-state index contributed by atoms with van der Waals surface area (Å²) < 4.78 is 0. The van der Waals surface area contributed by atoms with Crippen molar-refractivity contribution in [1.82, 2.24) is 10.6 Å². The van der Waals surface area contributed by atoms with Crippen LogP contribution in [-0.2, 0) is 0 Å². The Morgan fingerprint density at radius 1 is 1.27 bits per heavy atom. The van der Waals surface area contributed by atoms with Crippen molar-refractivity contribution in [3.8, 4) is 0 Å². The largest absolute Gasteiger partial charge is 0.315 e. The fraction of sp³-hybridized carbons (Fsp3) is 1.00. The average molecular weight is 156 g/mol. The van der Waals surface area contributed by atoms with Crippen molar-refractivity contribution in [3.05, 3.63) is 0 Å². The van der Waals surface area contributed by atoms with Crippen LogP contribution < -0.4 is 10.6 Å². The lowest BCUT2D eigenvalue weighted by Crippen LogP contribution is -2.29. The summed E-state index contributed by atoms with van der Waals surface area (Å²) in [6.07, 6.45) is 2.62. The van der Waals surface area contributed by atoms with Gasteiger partial charge in [-0.15, -0.1) is 0 Å². The minimum atomic E-state index is 0.832. The maximum atomic E-state index is 3.50. The Morgan fingerprint density at radius 3 is 2.55 bits per heavy atom. The van der Waals surface area contributed by atoms with Crippen LogP contribution in [0, 0.1) is 5.92 Å². The van der Waals surface area contributed by atoms with E-state index in [1.165, 1.54) is 12.8 Å². The topological polar surface area (TPSA) is 24.1 Å². The summed E-state index contributed by atoms with van der Waals surface area (Å²) in [6.45, 7) is 7.91. The average Bonchev–Trinajstić information content (AvgIpc) is 2.67. The van der Waals surface area contributed by atoms with Crippen LogP contribution in [0.2, 0.25) is 0 Å². The van der Waals surface area contributed by atoms with Crippen LogP contribution in [0.25, 0.3) is 0 Å². The second kappa shape index (κ2) is 4.73. The first-order chi connectivity index (χ1) is 5.34. The zero-order valence-electron chi connectivity index (χ0n) is 7.69. The molecule has 0 aromatic carbocycles. The van der Waals surface area contributed by atoms with Gasteiger partial charge in [0.15, 0.2) is 0 Å². The summed E-state index contributed by atoms with van der Waals surface area (Å²) in [5.41, 5.74) is 0. The monoisotopic (exact) mass is 156 g/mol. The van der Waals surface area contributed by atoms with Gasteiger partial charge in [0.2, 0.25) is 0 Å². The molecule has 11 heavy (non-hydrogen) atoms. The molecule has 1 saturated carbocycles. The van der Waals surface area contributed by atoms with Gasteiger partial charge in [0.05, 0.1) is 0 Å². The maximum absolute atomic E-state index is 3.50. The molecule has 2 N–H and O–H groups in total. The summed E-state index contributed by atoms with van der Waals surface area (Å²) in [5.74, 6) is 0.932. The molecule has 2 unspecified atom stereocenters. The van der Waals surface area contributed by atoms with E-state index in [-0.39, 0.29) is 0 Å². The molecule has 0 aromatic rings. The lowest BCUT2D eigenvalue weighted by atomic mass is 10.4. The van der Waals surface area contributed by atoms with Gasteiger partial charge in [-0.05, 0) is 25.3 Å². The molecule has 0 bridgehead atoms. The van der Waals surface area contributed by atoms with Crippen LogP contribution >= 0.6 is 0 Å². The van der Waals surface area contributed by atoms with Crippen molar-refractivity contribution in [2.24, 2.45) is 5.92 Å². The molecular weight excluding hydrogens is 136 g/mol. The Bertz CT molecular complexity index is 104. The SMILES string of the molecule is CCCNCCNC1CC1C. The number of hydrogen-bond acceptors (Lipinski definition) is 2. The molecule has 0 aromatic heterocycles. The molecule has 1 fully saturated rings. The van der Waals surface area contributed by atoms with Gasteiger partial charge in [-0.3, -0.25) is 0 Å². The van der Waals surface area contributed by atoms with Crippen LogP contribution in [0.1, 0.15) is 26.7 Å². The first kappa shape index (κ1) is 9.01. The molecule has 0 heterocycles. The highest BCUT2D eigenvalue weighted by Gasteiger charge is 2.31. The second-order valence-electron chi connectivity index (χ2n) is 3.52. The van der Waals surface area contributed by atoms with Crippen LogP contribution in [-0.4, -0.2) is 25.7 Å². The van der Waals surface area contributed by atoms with E-state index < -0.39 is 0 Å². The Labute approximate surface area is 69.8 Å². The fourth-order valence-electron chi connectivity index (χ4n) is 1.25. The third-order valence-corrected chi connectivity index (χ3v) is 2.24. The summed E-state index contributed by atoms with van der Waals surface area (Å²) in [7, 11) is 0. The van der Waals surface area contributed by atoms with E-state index in [0.29, 0.717) is 0 Å². The van der Waals surface area contributed by atoms with Crippen molar-refractivity contribution < 1.29 is 0 Å². The first-order valence-electron chi connectivity index (χ1n) is 4.78. The molecule has 0 aliphatic heterocycles. The molecular formula is C9H20N2. The van der Waals surface area contributed by atoms with Gasteiger partial charge in [-0.25, -0.2) is 0 Å². The molecule has 0 radical (unpaired) electrons. The Balaban J connectivity index is 1.74. The van der Waals surface area contributed by atoms with Crippen LogP contribution in [0.3, 0.4) is 0 Å². The van der Waals surface area contributed by atoms with Crippen molar-refractivity contribution in [2.45, 2.75) is 32.7 Å². The van der Waals surface area contributed by atoms with E-state index in [1.807, 2.05) is 0 Å². The Hall–Kier alpha value is -0.0800. The van der Waals surface area contributed by atoms with Crippen LogP contribution in [0.15, 0.2) is 0 Å². The Kier molecular flexibility index (Phi) is 3.87. The van der Waals surface area contributed by atoms with Crippen molar-refractivity contribution >= 4 is 0 Å². The van der Waals surface area contributed by atoms with Gasteiger partial charge in [0, 0.05) is 19.1 Å². The van der Waals surface area contributed by atoms with Crippen molar-refractivity contribution in [2.75, 3.05) is 19.6 Å². The van der Waals surface area contributed by atoms with E-state index in [1.54, 1.807) is 0 Å². The highest BCUT2D eigenvalue weighted by Crippen LogP contribution is 2.28. The molecule has 2 heteroatoms. The van der Waals surface area contributed by atoms with E-state index in [4.69, 9.17) is 0 Å². The van der Waals surface area contributed by atoms with Crippen molar-refractivity contribution in [3.63, 3.8) is 0 Å². The third-order valence-electron chi connectivity index (χ3n) is 2.24. The summed E-state index contributed by atoms with van der Waals surface area (Å²) in [5, 5.41) is 6.87. The summed E-state index contributed by atoms with van der Waals surface area (Å²) in [6, 6.07) is 0.832. The van der Waals surface area contributed by atoms with Gasteiger partial charge >= 0.3 is 0 Å². The fourth-order valence-corrected chi connectivity index (χ4v) is 1.25. The molecule has 2 atom stereocenters. The molecule has 0 spiro atoms. The predicted molar refractivity (Wildman–Crippen MR) is 48.7 cm³/mol. The van der Waals surface area contributed by atoms with Gasteiger partial charge in [0.1, 0.15) is 0 Å². The molecule has 66 valence electrons. The van der Waals surface area contributed by atoms with Crippen molar-refractivity contribution in [1.29, 1.82) is 0 Å². The lowest BCUT2D eigenvalue weighted by molar-refractivity contribution is 0.591. The molecule has 1 aliphatic carbocycles. The van der Waals surface area contributed by atoms with Gasteiger partial charge in [0.25, 0.3) is 0 Å². The van der Waals surface area contributed by atoms with E-state index in [0.717, 1.165) is 31.6 Å². The minimum absolute atomic E-state index is 0.832. The second-order valence-corrected chi connectivity index (χ2v) is 3.52. The van der Waals surface area contributed by atoms with Gasteiger partial charge in [-0.2, -0.15) is 0 Å². The number of hydrogen-bond donors (Lipinski definition) is 2. The quantitative estimate of drug-likeness (QED) is 0.560. The molecule has 1 rings (SSSR count). The summed E-state index contributed by atoms with van der Waals surface area (Å²) >= 11 is 0. The first-order valence-corrected chi connectivity index (χ1v) is 4.78. The van der Waals surface area contributed by atoms with Crippen LogP contribution in [0.5, 0.6) is 0 Å². The van der Waals surface area contributed by atoms with Gasteiger partial charge < -0.3 is 10.6 Å². The summed E-state index contributed by atoms with van der Waals surface area (Å²) in [4.78, 5) is 0. The normalized spacial score (nSPS) is 28.9. The third kappa shape index (κ3) is 3.73. The molecule has 0 amide bonds. The number of nitrogens with one attached hydrogen (secondary N) is 2. The number of rotatable bonds is 6. The predicted octanol–water partition coefficient (Wildman–Crippen LogP) is 0.984. The maximum Gasteiger partial charge on any atom is 0.00969 e. The zero-order valence-corrected chi connectivity index (χ0v) is 7.69. The van der Waals surface area contributed by atoms with E-state index in [9.17, 15) is 0 Å². The lowest BCUT2D eigenvalue weighted by Gasteiger charge is -2.03. The van der Waals surface area contributed by atoms with Gasteiger partial charge in [-0.1, -0.05) is 13.8 Å².